The van der Waals surface area contributed by atoms with Crippen molar-refractivity contribution in [2.45, 2.75) is 148 Å². The van der Waals surface area contributed by atoms with E-state index in [1.807, 2.05) is 0 Å². The van der Waals surface area contributed by atoms with E-state index < -0.39 is 9.04 Å². The monoisotopic (exact) mass is 384 g/mol. The van der Waals surface area contributed by atoms with Crippen LogP contribution in [0.1, 0.15) is 135 Å². The van der Waals surface area contributed by atoms with Gasteiger partial charge in [-0.1, -0.05) is 129 Å². The van der Waals surface area contributed by atoms with Gasteiger partial charge in [0.15, 0.2) is 9.04 Å². The van der Waals surface area contributed by atoms with Crippen LogP contribution >= 0.6 is 0 Å². The average molecular weight is 385 g/mol. The summed E-state index contributed by atoms with van der Waals surface area (Å²) in [6.07, 6.45) is 29.0. The molecule has 0 aromatic heterocycles. The van der Waals surface area contributed by atoms with Crippen LogP contribution in [-0.2, 0) is 4.43 Å². The molecule has 0 aromatic rings. The highest BCUT2D eigenvalue weighted by Crippen LogP contribution is 2.14. The Balaban J connectivity index is 2.97. The molecule has 158 valence electrons. The Hall–Kier alpha value is 0.177. The molecule has 0 saturated carbocycles. The SMILES string of the molecule is CCCCCCCCCCCCCCCCCCCCCCO[SiH](C)C. The van der Waals surface area contributed by atoms with E-state index in [9.17, 15) is 0 Å². The van der Waals surface area contributed by atoms with Crippen molar-refractivity contribution in [2.24, 2.45) is 0 Å². The van der Waals surface area contributed by atoms with Crippen LogP contribution in [0.25, 0.3) is 0 Å². The van der Waals surface area contributed by atoms with Gasteiger partial charge in [-0.3, -0.25) is 0 Å². The van der Waals surface area contributed by atoms with Gasteiger partial charge in [0.1, 0.15) is 0 Å². The van der Waals surface area contributed by atoms with Gasteiger partial charge >= 0.3 is 0 Å². The third-order valence-corrected chi connectivity index (χ3v) is 6.35. The van der Waals surface area contributed by atoms with Crippen molar-refractivity contribution >= 4 is 9.04 Å². The van der Waals surface area contributed by atoms with Crippen molar-refractivity contribution in [3.63, 3.8) is 0 Å². The summed E-state index contributed by atoms with van der Waals surface area (Å²) in [5.74, 6) is 0. The van der Waals surface area contributed by atoms with Gasteiger partial charge in [-0.05, 0) is 19.5 Å². The van der Waals surface area contributed by atoms with Crippen LogP contribution in [-0.4, -0.2) is 15.6 Å². The molecule has 0 bridgehead atoms. The lowest BCUT2D eigenvalue weighted by atomic mass is 10.0. The van der Waals surface area contributed by atoms with Gasteiger partial charge in [-0.25, -0.2) is 0 Å². The lowest BCUT2D eigenvalue weighted by Gasteiger charge is -2.06. The standard InChI is InChI=1S/C24H52OSi/c1-4-5-6-7-8-9-10-11-12-13-14-15-16-17-18-19-20-21-22-23-24-25-26(2)3/h26H,4-24H2,1-3H3. The summed E-state index contributed by atoms with van der Waals surface area (Å²) >= 11 is 0. The summed E-state index contributed by atoms with van der Waals surface area (Å²) in [6, 6.07) is 0. The Bertz CT molecular complexity index is 242. The van der Waals surface area contributed by atoms with Gasteiger partial charge in [0.05, 0.1) is 0 Å². The molecule has 0 heterocycles. The van der Waals surface area contributed by atoms with E-state index in [0.717, 1.165) is 6.61 Å². The second-order valence-electron chi connectivity index (χ2n) is 8.64. The minimum atomic E-state index is -0.771. The summed E-state index contributed by atoms with van der Waals surface area (Å²) in [4.78, 5) is 0. The normalized spacial score (nSPS) is 11.5. The fourth-order valence-electron chi connectivity index (χ4n) is 3.68. The quantitative estimate of drug-likeness (QED) is 0.134. The van der Waals surface area contributed by atoms with Crippen molar-refractivity contribution in [1.29, 1.82) is 0 Å². The molecule has 0 rings (SSSR count). The van der Waals surface area contributed by atoms with Gasteiger partial charge in [0, 0.05) is 6.61 Å². The largest absolute Gasteiger partial charge is 0.421 e. The fraction of sp³-hybridized carbons (Fsp3) is 1.00. The Morgan fingerprint density at radius 1 is 0.423 bits per heavy atom. The van der Waals surface area contributed by atoms with Crippen LogP contribution < -0.4 is 0 Å². The smallest absolute Gasteiger partial charge is 0.170 e. The minimum absolute atomic E-state index is 0.771. The van der Waals surface area contributed by atoms with Gasteiger partial charge in [0.25, 0.3) is 0 Å². The van der Waals surface area contributed by atoms with Crippen LogP contribution in [0.5, 0.6) is 0 Å². The molecule has 0 N–H and O–H groups in total. The van der Waals surface area contributed by atoms with E-state index in [-0.39, 0.29) is 0 Å². The zero-order valence-electron chi connectivity index (χ0n) is 18.8. The minimum Gasteiger partial charge on any atom is -0.421 e. The third-order valence-electron chi connectivity index (χ3n) is 5.45. The van der Waals surface area contributed by atoms with E-state index in [0.29, 0.717) is 0 Å². The molecule has 0 aromatic carbocycles. The van der Waals surface area contributed by atoms with E-state index in [4.69, 9.17) is 4.43 Å². The summed E-state index contributed by atoms with van der Waals surface area (Å²) in [7, 11) is -0.771. The molecule has 0 aliphatic heterocycles. The van der Waals surface area contributed by atoms with Gasteiger partial charge in [0.2, 0.25) is 0 Å². The molecule has 0 aliphatic rings. The molecule has 0 atom stereocenters. The summed E-state index contributed by atoms with van der Waals surface area (Å²) in [5, 5.41) is 0. The maximum Gasteiger partial charge on any atom is 0.170 e. The van der Waals surface area contributed by atoms with Crippen molar-refractivity contribution < 1.29 is 4.43 Å². The van der Waals surface area contributed by atoms with Crippen LogP contribution in [0.2, 0.25) is 13.1 Å². The molecule has 2 heteroatoms. The van der Waals surface area contributed by atoms with E-state index >= 15 is 0 Å². The second kappa shape index (κ2) is 23.2. The third kappa shape index (κ3) is 24.2. The van der Waals surface area contributed by atoms with Crippen molar-refractivity contribution in [3.05, 3.63) is 0 Å². The first-order valence-corrected chi connectivity index (χ1v) is 15.2. The lowest BCUT2D eigenvalue weighted by Crippen LogP contribution is -2.08. The molecule has 0 saturated heterocycles. The summed E-state index contributed by atoms with van der Waals surface area (Å²) in [6.45, 7) is 7.84. The van der Waals surface area contributed by atoms with Gasteiger partial charge in [-0.15, -0.1) is 0 Å². The fourth-order valence-corrected chi connectivity index (χ4v) is 4.31. The van der Waals surface area contributed by atoms with Crippen molar-refractivity contribution in [2.75, 3.05) is 6.61 Å². The molecule has 0 unspecified atom stereocenters. The lowest BCUT2D eigenvalue weighted by molar-refractivity contribution is 0.311. The van der Waals surface area contributed by atoms with Crippen molar-refractivity contribution in [3.8, 4) is 0 Å². The van der Waals surface area contributed by atoms with Crippen LogP contribution in [0, 0.1) is 0 Å². The first kappa shape index (κ1) is 26.2. The van der Waals surface area contributed by atoms with Crippen LogP contribution in [0.4, 0.5) is 0 Å². The van der Waals surface area contributed by atoms with E-state index in [1.165, 1.54) is 128 Å². The predicted molar refractivity (Wildman–Crippen MR) is 123 cm³/mol. The number of unbranched alkanes of at least 4 members (excludes halogenated alkanes) is 19. The number of hydrogen-bond acceptors (Lipinski definition) is 1. The zero-order valence-corrected chi connectivity index (χ0v) is 20.0. The molecular weight excluding hydrogens is 332 g/mol. The molecule has 0 spiro atoms. The van der Waals surface area contributed by atoms with Crippen LogP contribution in [0.15, 0.2) is 0 Å². The molecule has 0 amide bonds. The topological polar surface area (TPSA) is 9.23 Å². The molecular formula is C24H52OSi. The average Bonchev–Trinajstić information content (AvgIpc) is 2.62. The Morgan fingerprint density at radius 2 is 0.692 bits per heavy atom. The van der Waals surface area contributed by atoms with Gasteiger partial charge < -0.3 is 4.43 Å². The predicted octanol–water partition coefficient (Wildman–Crippen LogP) is 8.81. The Morgan fingerprint density at radius 3 is 0.962 bits per heavy atom. The molecule has 0 fully saturated rings. The first-order chi connectivity index (χ1) is 12.8. The maximum atomic E-state index is 5.72. The van der Waals surface area contributed by atoms with E-state index in [1.54, 1.807) is 0 Å². The maximum absolute atomic E-state index is 5.72. The number of hydrogen-bond donors (Lipinski definition) is 0. The highest BCUT2D eigenvalue weighted by Gasteiger charge is 1.97. The summed E-state index contributed by atoms with van der Waals surface area (Å²) in [5.41, 5.74) is 0. The van der Waals surface area contributed by atoms with E-state index in [2.05, 4.69) is 20.0 Å². The Labute approximate surface area is 168 Å². The van der Waals surface area contributed by atoms with Crippen molar-refractivity contribution in [1.82, 2.24) is 0 Å². The molecule has 26 heavy (non-hydrogen) atoms. The second-order valence-corrected chi connectivity index (χ2v) is 11.1. The molecule has 0 radical (unpaired) electrons. The highest BCUT2D eigenvalue weighted by atomic mass is 28.3. The molecule has 0 aliphatic carbocycles. The Kier molecular flexibility index (Phi) is 23.4. The van der Waals surface area contributed by atoms with Gasteiger partial charge in [-0.2, -0.15) is 0 Å². The number of rotatable bonds is 22. The highest BCUT2D eigenvalue weighted by molar-refractivity contribution is 6.48. The first-order valence-electron chi connectivity index (χ1n) is 12.4. The van der Waals surface area contributed by atoms with Crippen LogP contribution in [0.3, 0.4) is 0 Å². The molecule has 1 nitrogen and oxygen atoms in total. The summed E-state index contributed by atoms with van der Waals surface area (Å²) < 4.78 is 5.72. The zero-order chi connectivity index (χ0) is 19.1.